The summed E-state index contributed by atoms with van der Waals surface area (Å²) in [5.41, 5.74) is 6.75. The number of nitrogens with zero attached hydrogens (tertiary/aromatic N) is 3. The molecule has 24 heavy (non-hydrogen) atoms. The number of benzene rings is 1. The van der Waals surface area contributed by atoms with Gasteiger partial charge in [0.15, 0.2) is 0 Å². The largest absolute Gasteiger partial charge is 0.368 e. The number of hydrogen-bond donors (Lipinski definition) is 2. The van der Waals surface area contributed by atoms with Crippen molar-refractivity contribution in [3.63, 3.8) is 0 Å². The van der Waals surface area contributed by atoms with Crippen molar-refractivity contribution in [2.24, 2.45) is 5.73 Å². The van der Waals surface area contributed by atoms with Gasteiger partial charge in [0, 0.05) is 24.5 Å². The van der Waals surface area contributed by atoms with E-state index in [1.807, 2.05) is 30.3 Å². The molecule has 0 spiro atoms. The van der Waals surface area contributed by atoms with Crippen molar-refractivity contribution in [2.45, 2.75) is 25.4 Å². The zero-order valence-electron chi connectivity index (χ0n) is 13.4. The molecule has 0 aliphatic carbocycles. The molecule has 6 nitrogen and oxygen atoms in total. The Hall–Kier alpha value is -2.36. The third kappa shape index (κ3) is 3.58. The van der Waals surface area contributed by atoms with Crippen LogP contribution in [0.5, 0.6) is 0 Å². The fourth-order valence-electron chi connectivity index (χ4n) is 2.95. The quantitative estimate of drug-likeness (QED) is 0.877. The Bertz CT molecular complexity index is 788. The third-order valence-electron chi connectivity index (χ3n) is 4.22. The van der Waals surface area contributed by atoms with Crippen molar-refractivity contribution < 1.29 is 4.79 Å². The molecular formula is C17H20ClN5O. The van der Waals surface area contributed by atoms with Gasteiger partial charge in [-0.2, -0.15) is 5.26 Å². The Balaban J connectivity index is 0.00000208. The van der Waals surface area contributed by atoms with Gasteiger partial charge >= 0.3 is 0 Å². The summed E-state index contributed by atoms with van der Waals surface area (Å²) in [5.74, 6) is 0.354. The number of nitrogens with one attached hydrogen (secondary N) is 1. The molecule has 0 unspecified atom stereocenters. The molecule has 1 saturated heterocycles. The van der Waals surface area contributed by atoms with Gasteiger partial charge in [-0.1, -0.05) is 18.2 Å². The van der Waals surface area contributed by atoms with Gasteiger partial charge in [0.2, 0.25) is 5.91 Å². The lowest BCUT2D eigenvalue weighted by atomic mass is 10.1. The van der Waals surface area contributed by atoms with Crippen LogP contribution in [0.4, 0.5) is 5.82 Å². The molecule has 0 radical (unpaired) electrons. The first-order valence-electron chi connectivity index (χ1n) is 7.68. The maximum atomic E-state index is 11.2. The first kappa shape index (κ1) is 18.0. The van der Waals surface area contributed by atoms with Crippen molar-refractivity contribution in [3.8, 4) is 6.07 Å². The Morgan fingerprint density at radius 3 is 2.96 bits per heavy atom. The molecule has 2 aromatic rings. The van der Waals surface area contributed by atoms with E-state index in [0.29, 0.717) is 17.9 Å². The number of pyridine rings is 1. The second kappa shape index (κ2) is 7.47. The molecule has 1 aliphatic rings. The molecule has 7 heteroatoms. The van der Waals surface area contributed by atoms with E-state index in [2.05, 4.69) is 21.3 Å². The van der Waals surface area contributed by atoms with Crippen LogP contribution < -0.4 is 16.0 Å². The summed E-state index contributed by atoms with van der Waals surface area (Å²) in [6, 6.07) is 11.7. The number of carbonyl (C=O) groups excluding carboxylic acids is 1. The predicted molar refractivity (Wildman–Crippen MR) is 96.1 cm³/mol. The van der Waals surface area contributed by atoms with Gasteiger partial charge in [-0.25, -0.2) is 4.98 Å². The number of nitrogens with two attached hydrogens (primary N) is 1. The van der Waals surface area contributed by atoms with Crippen molar-refractivity contribution in [1.29, 1.82) is 5.26 Å². The number of para-hydroxylation sites is 1. The molecule has 0 bridgehead atoms. The number of primary amides is 1. The number of fused-ring (bicyclic) bond motifs is 1. The summed E-state index contributed by atoms with van der Waals surface area (Å²) in [5, 5.41) is 13.6. The van der Waals surface area contributed by atoms with E-state index in [1.165, 1.54) is 0 Å². The number of carbonyl (C=O) groups is 1. The lowest BCUT2D eigenvalue weighted by Crippen LogP contribution is -2.45. The van der Waals surface area contributed by atoms with Crippen LogP contribution in [0.15, 0.2) is 30.3 Å². The second-order valence-electron chi connectivity index (χ2n) is 5.89. The van der Waals surface area contributed by atoms with E-state index in [-0.39, 0.29) is 30.4 Å². The van der Waals surface area contributed by atoms with Crippen molar-refractivity contribution in [2.75, 3.05) is 18.0 Å². The van der Waals surface area contributed by atoms with Gasteiger partial charge in [0.25, 0.3) is 0 Å². The fourth-order valence-corrected chi connectivity index (χ4v) is 2.95. The summed E-state index contributed by atoms with van der Waals surface area (Å²) in [6.07, 6.45) is 0.886. The molecule has 1 aromatic heterocycles. The van der Waals surface area contributed by atoms with Crippen molar-refractivity contribution >= 4 is 35.0 Å². The van der Waals surface area contributed by atoms with Gasteiger partial charge in [-0.05, 0) is 25.5 Å². The van der Waals surface area contributed by atoms with E-state index in [4.69, 9.17) is 5.73 Å². The van der Waals surface area contributed by atoms with Crippen LogP contribution in [0.1, 0.15) is 18.9 Å². The van der Waals surface area contributed by atoms with E-state index in [9.17, 15) is 10.1 Å². The minimum absolute atomic E-state index is 0. The summed E-state index contributed by atoms with van der Waals surface area (Å²) in [6.45, 7) is 3.26. The molecule has 3 rings (SSSR count). The van der Waals surface area contributed by atoms with E-state index in [0.717, 1.165) is 23.9 Å². The molecule has 2 atom stereocenters. The van der Waals surface area contributed by atoms with Gasteiger partial charge < -0.3 is 16.0 Å². The molecule has 2 heterocycles. The zero-order valence-corrected chi connectivity index (χ0v) is 14.2. The van der Waals surface area contributed by atoms with E-state index >= 15 is 0 Å². The highest BCUT2D eigenvalue weighted by Crippen LogP contribution is 2.26. The smallest absolute Gasteiger partial charge is 0.234 e. The van der Waals surface area contributed by atoms with Crippen LogP contribution in [-0.2, 0) is 4.79 Å². The minimum Gasteiger partial charge on any atom is -0.368 e. The highest BCUT2D eigenvalue weighted by Gasteiger charge is 2.27. The minimum atomic E-state index is -0.361. The maximum absolute atomic E-state index is 11.2. The van der Waals surface area contributed by atoms with Gasteiger partial charge in [-0.15, -0.1) is 12.4 Å². The first-order chi connectivity index (χ1) is 11.1. The monoisotopic (exact) mass is 345 g/mol. The number of rotatable bonds is 4. The Morgan fingerprint density at radius 1 is 1.50 bits per heavy atom. The number of amides is 1. The normalized spacial score (nSPS) is 18.0. The highest BCUT2D eigenvalue weighted by molar-refractivity contribution is 5.85. The molecule has 126 valence electrons. The lowest BCUT2D eigenvalue weighted by Gasteiger charge is -2.21. The number of hydrogen-bond acceptors (Lipinski definition) is 5. The highest BCUT2D eigenvalue weighted by atomic mass is 35.5. The summed E-state index contributed by atoms with van der Waals surface area (Å²) in [7, 11) is 0. The first-order valence-corrected chi connectivity index (χ1v) is 7.68. The number of anilines is 1. The number of aromatic nitrogens is 1. The maximum Gasteiger partial charge on any atom is 0.234 e. The Labute approximate surface area is 147 Å². The van der Waals surface area contributed by atoms with Gasteiger partial charge in [-0.3, -0.25) is 4.79 Å². The average Bonchev–Trinajstić information content (AvgIpc) is 3.01. The van der Waals surface area contributed by atoms with Crippen molar-refractivity contribution in [1.82, 2.24) is 10.3 Å². The Kier molecular flexibility index (Phi) is 5.60. The Morgan fingerprint density at radius 2 is 2.25 bits per heavy atom. The second-order valence-corrected chi connectivity index (χ2v) is 5.89. The van der Waals surface area contributed by atoms with Crippen LogP contribution in [0.2, 0.25) is 0 Å². The van der Waals surface area contributed by atoms with Crippen LogP contribution in [0.25, 0.3) is 10.9 Å². The third-order valence-corrected chi connectivity index (χ3v) is 4.22. The van der Waals surface area contributed by atoms with Crippen LogP contribution in [0.3, 0.4) is 0 Å². The summed E-state index contributed by atoms with van der Waals surface area (Å²) < 4.78 is 0. The van der Waals surface area contributed by atoms with Gasteiger partial charge in [0.05, 0.1) is 17.1 Å². The molecule has 1 aromatic carbocycles. The SMILES string of the molecule is C[C@H](N[C@H]1CCN(c2nc3ccccc3cc2C#N)C1)C(N)=O.Cl. The zero-order chi connectivity index (χ0) is 16.4. The summed E-state index contributed by atoms with van der Waals surface area (Å²) >= 11 is 0. The number of halogens is 1. The number of nitriles is 1. The molecule has 1 amide bonds. The predicted octanol–water partition coefficient (Wildman–Crippen LogP) is 1.57. The molecule has 1 fully saturated rings. The van der Waals surface area contributed by atoms with E-state index in [1.54, 1.807) is 6.92 Å². The fraction of sp³-hybridized carbons (Fsp3) is 0.353. The van der Waals surface area contributed by atoms with Crippen LogP contribution in [0, 0.1) is 11.3 Å². The standard InChI is InChI=1S/C17H19N5O.ClH/c1-11(16(19)23)20-14-6-7-22(10-14)17-13(9-18)8-12-4-2-3-5-15(12)21-17;/h2-5,8,11,14,20H,6-7,10H2,1H3,(H2,19,23);1H/t11-,14-;/m0./s1. The molecule has 0 saturated carbocycles. The molecular weight excluding hydrogens is 326 g/mol. The van der Waals surface area contributed by atoms with Crippen LogP contribution in [-0.4, -0.2) is 36.1 Å². The van der Waals surface area contributed by atoms with Crippen LogP contribution >= 0.6 is 12.4 Å². The molecule has 1 aliphatic heterocycles. The van der Waals surface area contributed by atoms with E-state index < -0.39 is 0 Å². The van der Waals surface area contributed by atoms with Gasteiger partial charge in [0.1, 0.15) is 11.9 Å². The summed E-state index contributed by atoms with van der Waals surface area (Å²) in [4.78, 5) is 17.9. The van der Waals surface area contributed by atoms with Crippen molar-refractivity contribution in [3.05, 3.63) is 35.9 Å². The lowest BCUT2D eigenvalue weighted by molar-refractivity contribution is -0.119. The molecule has 3 N–H and O–H groups in total. The average molecular weight is 346 g/mol. The topological polar surface area (TPSA) is 95.0 Å².